The summed E-state index contributed by atoms with van der Waals surface area (Å²) < 4.78 is 1.91. The average molecular weight is 264 g/mol. The number of aromatic nitrogens is 2. The van der Waals surface area contributed by atoms with Gasteiger partial charge < -0.3 is 10.2 Å². The van der Waals surface area contributed by atoms with E-state index in [1.165, 1.54) is 38.0 Å². The fourth-order valence-corrected chi connectivity index (χ4v) is 3.00. The Labute approximate surface area is 117 Å². The molecule has 1 aliphatic rings. The molecular weight excluding hydrogens is 236 g/mol. The molecule has 1 unspecified atom stereocenters. The van der Waals surface area contributed by atoms with Crippen molar-refractivity contribution in [3.8, 4) is 0 Å². The number of hydrogen-bond donors (Lipinski definition) is 1. The summed E-state index contributed by atoms with van der Waals surface area (Å²) in [5.74, 6) is 0.835. The first kappa shape index (κ1) is 14.5. The molecule has 1 saturated heterocycles. The molecule has 2 rings (SSSR count). The van der Waals surface area contributed by atoms with Gasteiger partial charge in [-0.1, -0.05) is 6.92 Å². The third kappa shape index (κ3) is 3.80. The van der Waals surface area contributed by atoms with Crippen molar-refractivity contribution in [1.29, 1.82) is 0 Å². The lowest BCUT2D eigenvalue weighted by molar-refractivity contribution is 0.188. The molecular formula is C15H28N4. The van der Waals surface area contributed by atoms with Crippen molar-refractivity contribution in [3.63, 3.8) is 0 Å². The maximum Gasteiger partial charge on any atom is 0.0641 e. The Morgan fingerprint density at radius 3 is 2.63 bits per heavy atom. The SMILES string of the molecule is CCN1CCC(CNC(C)c2cn(C)nc2C)CC1. The van der Waals surface area contributed by atoms with E-state index in [0.717, 1.165) is 18.2 Å². The minimum absolute atomic E-state index is 0.401. The quantitative estimate of drug-likeness (QED) is 0.884. The van der Waals surface area contributed by atoms with Crippen LogP contribution in [0.15, 0.2) is 6.20 Å². The molecule has 108 valence electrons. The normalized spacial score (nSPS) is 19.8. The molecule has 0 spiro atoms. The van der Waals surface area contributed by atoms with Gasteiger partial charge in [0.2, 0.25) is 0 Å². The van der Waals surface area contributed by atoms with Gasteiger partial charge in [-0.05, 0) is 58.8 Å². The third-order valence-corrected chi connectivity index (χ3v) is 4.39. The van der Waals surface area contributed by atoms with E-state index in [1.54, 1.807) is 0 Å². The smallest absolute Gasteiger partial charge is 0.0641 e. The van der Waals surface area contributed by atoms with Gasteiger partial charge in [-0.2, -0.15) is 5.10 Å². The largest absolute Gasteiger partial charge is 0.310 e. The highest BCUT2D eigenvalue weighted by Crippen LogP contribution is 2.19. The lowest BCUT2D eigenvalue weighted by Gasteiger charge is -2.31. The van der Waals surface area contributed by atoms with Crippen LogP contribution < -0.4 is 5.32 Å². The topological polar surface area (TPSA) is 33.1 Å². The van der Waals surface area contributed by atoms with Gasteiger partial charge >= 0.3 is 0 Å². The van der Waals surface area contributed by atoms with Crippen molar-refractivity contribution in [1.82, 2.24) is 20.0 Å². The molecule has 4 heteroatoms. The van der Waals surface area contributed by atoms with Gasteiger partial charge in [0.1, 0.15) is 0 Å². The Balaban J connectivity index is 1.78. The van der Waals surface area contributed by atoms with Crippen molar-refractivity contribution in [3.05, 3.63) is 17.5 Å². The Bertz CT molecular complexity index is 391. The van der Waals surface area contributed by atoms with Crippen LogP contribution in [0.3, 0.4) is 0 Å². The molecule has 0 bridgehead atoms. The van der Waals surface area contributed by atoms with Crippen LogP contribution in [0.5, 0.6) is 0 Å². The van der Waals surface area contributed by atoms with Crippen LogP contribution in [0.4, 0.5) is 0 Å². The van der Waals surface area contributed by atoms with Crippen molar-refractivity contribution in [2.45, 2.75) is 39.7 Å². The van der Waals surface area contributed by atoms with Gasteiger partial charge in [-0.3, -0.25) is 4.68 Å². The summed E-state index contributed by atoms with van der Waals surface area (Å²) in [7, 11) is 1.99. The Kier molecular flexibility index (Phi) is 4.99. The molecule has 1 N–H and O–H groups in total. The number of nitrogens with zero attached hydrogens (tertiary/aromatic N) is 3. The Morgan fingerprint density at radius 1 is 1.42 bits per heavy atom. The van der Waals surface area contributed by atoms with E-state index < -0.39 is 0 Å². The van der Waals surface area contributed by atoms with Crippen LogP contribution in [0.2, 0.25) is 0 Å². The fraction of sp³-hybridized carbons (Fsp3) is 0.800. The maximum absolute atomic E-state index is 4.42. The molecule has 19 heavy (non-hydrogen) atoms. The molecule has 0 saturated carbocycles. The van der Waals surface area contributed by atoms with Gasteiger partial charge in [0.25, 0.3) is 0 Å². The molecule has 1 atom stereocenters. The zero-order valence-electron chi connectivity index (χ0n) is 12.8. The zero-order valence-corrected chi connectivity index (χ0v) is 12.8. The number of hydrogen-bond acceptors (Lipinski definition) is 3. The second-order valence-electron chi connectivity index (χ2n) is 5.85. The van der Waals surface area contributed by atoms with Gasteiger partial charge in [0, 0.05) is 24.8 Å². The van der Waals surface area contributed by atoms with E-state index in [4.69, 9.17) is 0 Å². The summed E-state index contributed by atoms with van der Waals surface area (Å²) in [6.45, 7) is 11.5. The molecule has 1 aliphatic heterocycles. The predicted molar refractivity (Wildman–Crippen MR) is 79.2 cm³/mol. The van der Waals surface area contributed by atoms with E-state index in [9.17, 15) is 0 Å². The van der Waals surface area contributed by atoms with Crippen molar-refractivity contribution in [2.75, 3.05) is 26.2 Å². The number of piperidine rings is 1. The fourth-order valence-electron chi connectivity index (χ4n) is 3.00. The lowest BCUT2D eigenvalue weighted by Crippen LogP contribution is -2.37. The molecule has 0 amide bonds. The zero-order chi connectivity index (χ0) is 13.8. The van der Waals surface area contributed by atoms with Crippen LogP contribution in [0.1, 0.15) is 44.0 Å². The summed E-state index contributed by atoms with van der Waals surface area (Å²) in [6.07, 6.45) is 4.80. The molecule has 1 aromatic heterocycles. The monoisotopic (exact) mass is 264 g/mol. The molecule has 0 aliphatic carbocycles. The number of aryl methyl sites for hydroxylation is 2. The molecule has 1 aromatic rings. The molecule has 0 radical (unpaired) electrons. The first-order chi connectivity index (χ1) is 9.10. The summed E-state index contributed by atoms with van der Waals surface area (Å²) >= 11 is 0. The minimum Gasteiger partial charge on any atom is -0.310 e. The number of rotatable bonds is 5. The molecule has 4 nitrogen and oxygen atoms in total. The molecule has 2 heterocycles. The van der Waals surface area contributed by atoms with E-state index in [2.05, 4.69) is 42.3 Å². The first-order valence-corrected chi connectivity index (χ1v) is 7.56. The minimum atomic E-state index is 0.401. The van der Waals surface area contributed by atoms with E-state index in [-0.39, 0.29) is 0 Å². The summed E-state index contributed by atoms with van der Waals surface area (Å²) in [5.41, 5.74) is 2.47. The van der Waals surface area contributed by atoms with Crippen LogP contribution in [-0.4, -0.2) is 40.9 Å². The second-order valence-corrected chi connectivity index (χ2v) is 5.85. The van der Waals surface area contributed by atoms with E-state index in [1.807, 2.05) is 11.7 Å². The number of likely N-dealkylation sites (tertiary alicyclic amines) is 1. The van der Waals surface area contributed by atoms with Gasteiger partial charge in [-0.25, -0.2) is 0 Å². The van der Waals surface area contributed by atoms with Crippen molar-refractivity contribution >= 4 is 0 Å². The summed E-state index contributed by atoms with van der Waals surface area (Å²) in [4.78, 5) is 2.55. The number of nitrogens with one attached hydrogen (secondary N) is 1. The van der Waals surface area contributed by atoms with Crippen LogP contribution in [0, 0.1) is 12.8 Å². The second kappa shape index (κ2) is 6.53. The highest BCUT2D eigenvalue weighted by atomic mass is 15.3. The maximum atomic E-state index is 4.42. The Morgan fingerprint density at radius 2 is 2.11 bits per heavy atom. The van der Waals surface area contributed by atoms with Gasteiger partial charge in [-0.15, -0.1) is 0 Å². The average Bonchev–Trinajstić information content (AvgIpc) is 2.75. The summed E-state index contributed by atoms with van der Waals surface area (Å²) in [5, 5.41) is 8.10. The van der Waals surface area contributed by atoms with Gasteiger partial charge in [0.15, 0.2) is 0 Å². The van der Waals surface area contributed by atoms with Crippen molar-refractivity contribution in [2.24, 2.45) is 13.0 Å². The van der Waals surface area contributed by atoms with Crippen molar-refractivity contribution < 1.29 is 0 Å². The molecule has 1 fully saturated rings. The van der Waals surface area contributed by atoms with E-state index in [0.29, 0.717) is 6.04 Å². The van der Waals surface area contributed by atoms with Crippen LogP contribution >= 0.6 is 0 Å². The lowest BCUT2D eigenvalue weighted by atomic mass is 9.96. The van der Waals surface area contributed by atoms with Crippen LogP contribution in [-0.2, 0) is 7.05 Å². The third-order valence-electron chi connectivity index (χ3n) is 4.39. The first-order valence-electron chi connectivity index (χ1n) is 7.56. The van der Waals surface area contributed by atoms with E-state index >= 15 is 0 Å². The standard InChI is InChI=1S/C15H28N4/c1-5-19-8-6-14(7-9-19)10-16-12(2)15-11-18(4)17-13(15)3/h11-12,14,16H,5-10H2,1-4H3. The predicted octanol–water partition coefficient (Wildman–Crippen LogP) is 2.11. The summed E-state index contributed by atoms with van der Waals surface area (Å²) in [6, 6.07) is 0.401. The highest BCUT2D eigenvalue weighted by Gasteiger charge is 2.19. The Hall–Kier alpha value is -0.870. The highest BCUT2D eigenvalue weighted by molar-refractivity contribution is 5.19. The van der Waals surface area contributed by atoms with Gasteiger partial charge in [0.05, 0.1) is 5.69 Å². The molecule has 0 aromatic carbocycles. The van der Waals surface area contributed by atoms with Crippen LogP contribution in [0.25, 0.3) is 0 Å².